The number of nitrogens with one attached hydrogen (secondary N) is 2. The maximum Gasteiger partial charge on any atom is 0.274 e. The number of aryl methyl sites for hydroxylation is 1. The molecule has 10 nitrogen and oxygen atoms in total. The molecule has 0 aliphatic rings. The van der Waals surface area contributed by atoms with Gasteiger partial charge in [0.2, 0.25) is 5.88 Å². The van der Waals surface area contributed by atoms with E-state index in [1.807, 2.05) is 31.2 Å². The number of carbonyl (C=O) groups excluding carboxylic acids is 2. The van der Waals surface area contributed by atoms with E-state index in [4.69, 9.17) is 4.74 Å². The van der Waals surface area contributed by atoms with E-state index in [1.165, 1.54) is 18.0 Å². The number of ether oxygens (including phenoxy) is 1. The van der Waals surface area contributed by atoms with Crippen molar-refractivity contribution in [1.82, 2.24) is 30.6 Å². The van der Waals surface area contributed by atoms with Crippen LogP contribution in [0.3, 0.4) is 0 Å². The highest BCUT2D eigenvalue weighted by Gasteiger charge is 2.18. The molecule has 32 heavy (non-hydrogen) atoms. The minimum Gasteiger partial charge on any atom is -0.481 e. The molecule has 164 valence electrons. The Morgan fingerprint density at radius 3 is 2.62 bits per heavy atom. The number of nitriles is 1. The fraction of sp³-hybridized carbons (Fsp3) is 0.273. The average Bonchev–Trinajstić information content (AvgIpc) is 3.31. The standard InChI is InChI=1S/C22H23N7O3/c1-3-15-7-9-16(10-8-15)18(13-23)26-22(31)19-14-29(28-27-19)12-11-24-21(30)17-5-4-6-20(25-17)32-2/h4-10,14,18H,3,11-12H2,1-2H3,(H,24,30)(H,26,31). The van der Waals surface area contributed by atoms with E-state index in [-0.39, 0.29) is 23.8 Å². The van der Waals surface area contributed by atoms with E-state index < -0.39 is 11.9 Å². The van der Waals surface area contributed by atoms with E-state index in [1.54, 1.807) is 18.2 Å². The highest BCUT2D eigenvalue weighted by atomic mass is 16.5. The van der Waals surface area contributed by atoms with Crippen LogP contribution in [-0.2, 0) is 13.0 Å². The molecule has 2 N–H and O–H groups in total. The first-order valence-corrected chi connectivity index (χ1v) is 10.0. The lowest BCUT2D eigenvalue weighted by Gasteiger charge is -2.11. The smallest absolute Gasteiger partial charge is 0.274 e. The number of benzene rings is 1. The Morgan fingerprint density at radius 2 is 1.94 bits per heavy atom. The lowest BCUT2D eigenvalue weighted by molar-refractivity contribution is 0.0933. The van der Waals surface area contributed by atoms with E-state index in [0.717, 1.165) is 12.0 Å². The van der Waals surface area contributed by atoms with Crippen molar-refractivity contribution in [3.63, 3.8) is 0 Å². The molecule has 0 spiro atoms. The van der Waals surface area contributed by atoms with Crippen LogP contribution in [0.25, 0.3) is 0 Å². The molecule has 0 aliphatic carbocycles. The highest BCUT2D eigenvalue weighted by molar-refractivity contribution is 5.92. The summed E-state index contributed by atoms with van der Waals surface area (Å²) in [6.45, 7) is 2.60. The third-order valence-electron chi connectivity index (χ3n) is 4.69. The van der Waals surface area contributed by atoms with Crippen molar-refractivity contribution in [2.75, 3.05) is 13.7 Å². The predicted molar refractivity (Wildman–Crippen MR) is 115 cm³/mol. The van der Waals surface area contributed by atoms with Crippen LogP contribution in [0.5, 0.6) is 5.88 Å². The van der Waals surface area contributed by atoms with Crippen molar-refractivity contribution in [2.45, 2.75) is 25.9 Å². The SMILES string of the molecule is CCc1ccc(C(C#N)NC(=O)c2cn(CCNC(=O)c3cccc(OC)n3)nn2)cc1. The molecule has 2 aromatic heterocycles. The van der Waals surface area contributed by atoms with E-state index in [9.17, 15) is 14.9 Å². The molecule has 0 radical (unpaired) electrons. The van der Waals surface area contributed by atoms with Gasteiger partial charge in [0.1, 0.15) is 11.7 Å². The van der Waals surface area contributed by atoms with E-state index in [0.29, 0.717) is 18.0 Å². The van der Waals surface area contributed by atoms with Crippen LogP contribution in [0, 0.1) is 11.3 Å². The van der Waals surface area contributed by atoms with Gasteiger partial charge in [0.25, 0.3) is 11.8 Å². The van der Waals surface area contributed by atoms with Crippen molar-refractivity contribution in [3.8, 4) is 11.9 Å². The third-order valence-corrected chi connectivity index (χ3v) is 4.69. The van der Waals surface area contributed by atoms with E-state index in [2.05, 4.69) is 32.0 Å². The van der Waals surface area contributed by atoms with Crippen LogP contribution in [0.15, 0.2) is 48.7 Å². The predicted octanol–water partition coefficient (Wildman–Crippen LogP) is 1.67. The second-order valence-electron chi connectivity index (χ2n) is 6.82. The number of aromatic nitrogens is 4. The van der Waals surface area contributed by atoms with Gasteiger partial charge in [0.05, 0.1) is 25.9 Å². The number of nitrogens with zero attached hydrogens (tertiary/aromatic N) is 5. The molecule has 3 rings (SSSR count). The molecule has 0 fully saturated rings. The first-order valence-electron chi connectivity index (χ1n) is 10.0. The second kappa shape index (κ2) is 10.7. The minimum absolute atomic E-state index is 0.0798. The Labute approximate surface area is 185 Å². The molecule has 2 amide bonds. The number of amides is 2. The topological polar surface area (TPSA) is 135 Å². The highest BCUT2D eigenvalue weighted by Crippen LogP contribution is 2.14. The van der Waals surface area contributed by atoms with Crippen molar-refractivity contribution < 1.29 is 14.3 Å². The maximum absolute atomic E-state index is 12.5. The lowest BCUT2D eigenvalue weighted by Crippen LogP contribution is -2.28. The van der Waals surface area contributed by atoms with Gasteiger partial charge >= 0.3 is 0 Å². The first kappa shape index (κ1) is 22.4. The van der Waals surface area contributed by atoms with Crippen LogP contribution < -0.4 is 15.4 Å². The fourth-order valence-electron chi connectivity index (χ4n) is 2.88. The summed E-state index contributed by atoms with van der Waals surface area (Å²) < 4.78 is 6.44. The van der Waals surface area contributed by atoms with Gasteiger partial charge in [-0.3, -0.25) is 9.59 Å². The van der Waals surface area contributed by atoms with Crippen LogP contribution in [0.2, 0.25) is 0 Å². The molecular formula is C22H23N7O3. The molecule has 3 aromatic rings. The Bertz CT molecular complexity index is 1120. The first-order chi connectivity index (χ1) is 15.5. The Morgan fingerprint density at radius 1 is 1.16 bits per heavy atom. The van der Waals surface area contributed by atoms with Crippen LogP contribution in [0.1, 0.15) is 45.1 Å². The summed E-state index contributed by atoms with van der Waals surface area (Å²) >= 11 is 0. The fourth-order valence-corrected chi connectivity index (χ4v) is 2.88. The summed E-state index contributed by atoms with van der Waals surface area (Å²) in [6.07, 6.45) is 2.35. The van der Waals surface area contributed by atoms with Crippen molar-refractivity contribution in [3.05, 3.63) is 71.2 Å². The normalized spacial score (nSPS) is 11.3. The molecule has 0 saturated carbocycles. The van der Waals surface area contributed by atoms with E-state index >= 15 is 0 Å². The summed E-state index contributed by atoms with van der Waals surface area (Å²) in [5.74, 6) is -0.513. The quantitative estimate of drug-likeness (QED) is 0.524. The van der Waals surface area contributed by atoms with Crippen LogP contribution in [0.4, 0.5) is 0 Å². The zero-order valence-corrected chi connectivity index (χ0v) is 17.8. The number of pyridine rings is 1. The molecule has 0 saturated heterocycles. The van der Waals surface area contributed by atoms with Gasteiger partial charge < -0.3 is 15.4 Å². The Hall–Kier alpha value is -4.26. The number of hydrogen-bond donors (Lipinski definition) is 2. The van der Waals surface area contributed by atoms with Gasteiger partial charge in [-0.25, -0.2) is 9.67 Å². The third kappa shape index (κ3) is 5.66. The summed E-state index contributed by atoms with van der Waals surface area (Å²) in [6, 6.07) is 13.7. The zero-order chi connectivity index (χ0) is 22.9. The number of carbonyl (C=O) groups is 2. The van der Waals surface area contributed by atoms with Gasteiger partial charge in [-0.15, -0.1) is 5.10 Å². The molecule has 2 heterocycles. The number of rotatable bonds is 9. The largest absolute Gasteiger partial charge is 0.481 e. The number of hydrogen-bond acceptors (Lipinski definition) is 7. The summed E-state index contributed by atoms with van der Waals surface area (Å²) in [5.41, 5.74) is 2.15. The lowest BCUT2D eigenvalue weighted by atomic mass is 10.0. The van der Waals surface area contributed by atoms with Crippen molar-refractivity contribution in [2.24, 2.45) is 0 Å². The summed E-state index contributed by atoms with van der Waals surface area (Å²) in [4.78, 5) is 28.7. The van der Waals surface area contributed by atoms with Crippen LogP contribution >= 0.6 is 0 Å². The molecular weight excluding hydrogens is 410 g/mol. The molecule has 10 heteroatoms. The van der Waals surface area contributed by atoms with Gasteiger partial charge in [-0.1, -0.05) is 42.5 Å². The van der Waals surface area contributed by atoms with Crippen LogP contribution in [-0.4, -0.2) is 45.4 Å². The maximum atomic E-state index is 12.5. The second-order valence-corrected chi connectivity index (χ2v) is 6.82. The molecule has 1 atom stereocenters. The minimum atomic E-state index is -0.798. The molecule has 1 aromatic carbocycles. The Balaban J connectivity index is 1.53. The molecule has 1 unspecified atom stereocenters. The van der Waals surface area contributed by atoms with Gasteiger partial charge in [0, 0.05) is 12.6 Å². The van der Waals surface area contributed by atoms with Crippen molar-refractivity contribution in [1.29, 1.82) is 5.26 Å². The van der Waals surface area contributed by atoms with Gasteiger partial charge in [-0.05, 0) is 23.6 Å². The Kier molecular flexibility index (Phi) is 7.48. The zero-order valence-electron chi connectivity index (χ0n) is 17.8. The summed E-state index contributed by atoms with van der Waals surface area (Å²) in [5, 5.41) is 22.6. The van der Waals surface area contributed by atoms with Gasteiger partial charge in [-0.2, -0.15) is 5.26 Å². The average molecular weight is 433 g/mol. The molecule has 0 bridgehead atoms. The van der Waals surface area contributed by atoms with Gasteiger partial charge in [0.15, 0.2) is 5.69 Å². The summed E-state index contributed by atoms with van der Waals surface area (Å²) in [7, 11) is 1.48. The van der Waals surface area contributed by atoms with Crippen molar-refractivity contribution >= 4 is 11.8 Å². The number of methoxy groups -OCH3 is 1. The molecule has 0 aliphatic heterocycles. The monoisotopic (exact) mass is 433 g/mol.